The summed E-state index contributed by atoms with van der Waals surface area (Å²) in [5.74, 6) is 0.794. The van der Waals surface area contributed by atoms with Crippen molar-refractivity contribution in [3.8, 4) is 11.3 Å². The quantitative estimate of drug-likeness (QED) is 0.236. The van der Waals surface area contributed by atoms with E-state index in [2.05, 4.69) is 85.1 Å². The predicted octanol–water partition coefficient (Wildman–Crippen LogP) is 5.57. The SMILES string of the molecule is O=C1NC(=O)C(=Cc2ccnc(N3CCC(CNCc4nc(-c5cccc6cnccc56)cc5ccccc45)CC3)n2)S1. The number of nitrogens with zero attached hydrogens (tertiary/aromatic N) is 5. The van der Waals surface area contributed by atoms with E-state index < -0.39 is 0 Å². The minimum absolute atomic E-state index is 0.349. The van der Waals surface area contributed by atoms with Crippen LogP contribution in [0, 0.1) is 5.92 Å². The van der Waals surface area contributed by atoms with Gasteiger partial charge in [-0.3, -0.25) is 24.9 Å². The van der Waals surface area contributed by atoms with Crippen LogP contribution in [0.15, 0.2) is 84.2 Å². The lowest BCUT2D eigenvalue weighted by Crippen LogP contribution is -2.38. The molecule has 2 aliphatic rings. The van der Waals surface area contributed by atoms with Crippen LogP contribution in [0.3, 0.4) is 0 Å². The summed E-state index contributed by atoms with van der Waals surface area (Å²) in [5, 5.41) is 10.2. The molecular weight excluding hydrogens is 558 g/mol. The largest absolute Gasteiger partial charge is 0.341 e. The number of piperidine rings is 1. The van der Waals surface area contributed by atoms with E-state index in [-0.39, 0.29) is 11.1 Å². The van der Waals surface area contributed by atoms with Crippen LogP contribution < -0.4 is 15.5 Å². The summed E-state index contributed by atoms with van der Waals surface area (Å²) >= 11 is 0.890. The Kier molecular flexibility index (Phi) is 7.53. The molecule has 7 rings (SSSR count). The van der Waals surface area contributed by atoms with Gasteiger partial charge in [-0.2, -0.15) is 0 Å². The number of hydrogen-bond donors (Lipinski definition) is 2. The average Bonchev–Trinajstić information content (AvgIpc) is 3.36. The molecule has 2 amide bonds. The maximum atomic E-state index is 11.9. The first-order chi connectivity index (χ1) is 21.1. The van der Waals surface area contributed by atoms with Crippen LogP contribution in [0.4, 0.5) is 10.7 Å². The third-order valence-corrected chi connectivity index (χ3v) is 8.79. The van der Waals surface area contributed by atoms with E-state index in [9.17, 15) is 9.59 Å². The Bertz CT molecular complexity index is 1880. The molecule has 5 heterocycles. The fraction of sp³-hybridized carbons (Fsp3) is 0.212. The fourth-order valence-electron chi connectivity index (χ4n) is 5.77. The highest BCUT2D eigenvalue weighted by molar-refractivity contribution is 8.18. The van der Waals surface area contributed by atoms with Gasteiger partial charge >= 0.3 is 0 Å². The number of carbonyl (C=O) groups excluding carboxylic acids is 2. The molecule has 9 nitrogen and oxygen atoms in total. The molecule has 5 aromatic rings. The Labute approximate surface area is 252 Å². The van der Waals surface area contributed by atoms with Crippen molar-refractivity contribution < 1.29 is 9.59 Å². The van der Waals surface area contributed by atoms with E-state index in [4.69, 9.17) is 4.98 Å². The number of thioether (sulfide) groups is 1. The molecule has 2 aromatic carbocycles. The number of anilines is 1. The number of aromatic nitrogens is 4. The summed E-state index contributed by atoms with van der Waals surface area (Å²) in [5.41, 5.74) is 3.74. The van der Waals surface area contributed by atoms with Gasteiger partial charge in [0.2, 0.25) is 5.95 Å². The highest BCUT2D eigenvalue weighted by Crippen LogP contribution is 2.31. The first kappa shape index (κ1) is 27.2. The molecule has 0 radical (unpaired) electrons. The number of pyridine rings is 2. The van der Waals surface area contributed by atoms with Crippen LogP contribution in [-0.2, 0) is 11.3 Å². The minimum atomic E-state index is -0.385. The highest BCUT2D eigenvalue weighted by atomic mass is 32.2. The van der Waals surface area contributed by atoms with Gasteiger partial charge in [-0.1, -0.05) is 42.5 Å². The third-order valence-electron chi connectivity index (χ3n) is 7.98. The Morgan fingerprint density at radius 1 is 0.953 bits per heavy atom. The van der Waals surface area contributed by atoms with Crippen LogP contribution in [0.5, 0.6) is 0 Å². The molecule has 43 heavy (non-hydrogen) atoms. The molecule has 214 valence electrons. The molecule has 0 spiro atoms. The summed E-state index contributed by atoms with van der Waals surface area (Å²) in [6.07, 6.45) is 9.10. The topological polar surface area (TPSA) is 113 Å². The lowest BCUT2D eigenvalue weighted by molar-refractivity contribution is -0.115. The Morgan fingerprint density at radius 3 is 2.67 bits per heavy atom. The smallest absolute Gasteiger partial charge is 0.290 e. The van der Waals surface area contributed by atoms with Crippen molar-refractivity contribution in [1.82, 2.24) is 30.6 Å². The molecule has 10 heteroatoms. The predicted molar refractivity (Wildman–Crippen MR) is 170 cm³/mol. The van der Waals surface area contributed by atoms with Crippen molar-refractivity contribution in [3.63, 3.8) is 0 Å². The van der Waals surface area contributed by atoms with Crippen molar-refractivity contribution >= 4 is 56.5 Å². The highest BCUT2D eigenvalue weighted by Gasteiger charge is 2.26. The van der Waals surface area contributed by atoms with Gasteiger partial charge in [-0.25, -0.2) is 9.97 Å². The zero-order valence-corrected chi connectivity index (χ0v) is 24.2. The van der Waals surface area contributed by atoms with E-state index in [1.807, 2.05) is 12.4 Å². The van der Waals surface area contributed by atoms with Crippen LogP contribution in [0.2, 0.25) is 0 Å². The number of hydrogen-bond acceptors (Lipinski definition) is 9. The first-order valence-electron chi connectivity index (χ1n) is 14.4. The van der Waals surface area contributed by atoms with Crippen molar-refractivity contribution in [3.05, 3.63) is 95.5 Å². The van der Waals surface area contributed by atoms with Gasteiger partial charge in [-0.05, 0) is 72.1 Å². The number of nitrogens with one attached hydrogen (secondary N) is 2. The van der Waals surface area contributed by atoms with Crippen molar-refractivity contribution in [2.24, 2.45) is 5.92 Å². The van der Waals surface area contributed by atoms with Crippen LogP contribution >= 0.6 is 11.8 Å². The normalized spacial score (nSPS) is 16.8. The molecule has 0 unspecified atom stereocenters. The van der Waals surface area contributed by atoms with Gasteiger partial charge in [0, 0.05) is 54.6 Å². The van der Waals surface area contributed by atoms with E-state index in [1.165, 1.54) is 10.8 Å². The molecular formula is C33H29N7O2S. The van der Waals surface area contributed by atoms with E-state index >= 15 is 0 Å². The van der Waals surface area contributed by atoms with Crippen LogP contribution in [0.25, 0.3) is 38.9 Å². The minimum Gasteiger partial charge on any atom is -0.341 e. The van der Waals surface area contributed by atoms with E-state index in [1.54, 1.807) is 18.3 Å². The standard InChI is InChI=1S/C33H29N7O2S/c41-31-30(43-33(42)39-31)17-24-8-13-36-32(37-24)40-14-10-21(11-15-40)18-35-20-29-26-6-2-1-4-22(26)16-28(38-29)27-7-3-5-23-19-34-12-9-25(23)27/h1-9,12-13,16-17,19,21,35H,10-11,14-15,18,20H2,(H,39,41,42). The molecule has 2 aliphatic heterocycles. The number of rotatable bonds is 7. The second kappa shape index (κ2) is 11.9. The van der Waals surface area contributed by atoms with Crippen molar-refractivity contribution in [2.75, 3.05) is 24.5 Å². The Hall–Kier alpha value is -4.67. The van der Waals surface area contributed by atoms with Gasteiger partial charge in [0.05, 0.1) is 22.0 Å². The number of fused-ring (bicyclic) bond motifs is 2. The molecule has 2 saturated heterocycles. The Morgan fingerprint density at radius 2 is 1.81 bits per heavy atom. The van der Waals surface area contributed by atoms with Gasteiger partial charge in [0.25, 0.3) is 11.1 Å². The summed E-state index contributed by atoms with van der Waals surface area (Å²) in [4.78, 5) is 44.4. The fourth-order valence-corrected chi connectivity index (χ4v) is 6.44. The first-order valence-corrected chi connectivity index (χ1v) is 15.2. The van der Waals surface area contributed by atoms with Gasteiger partial charge < -0.3 is 10.2 Å². The number of benzene rings is 2. The molecule has 0 atom stereocenters. The molecule has 2 fully saturated rings. The summed E-state index contributed by atoms with van der Waals surface area (Å²) < 4.78 is 0. The van der Waals surface area contributed by atoms with Crippen LogP contribution in [0.1, 0.15) is 24.2 Å². The van der Waals surface area contributed by atoms with Gasteiger partial charge in [0.1, 0.15) is 0 Å². The van der Waals surface area contributed by atoms with Crippen molar-refractivity contribution in [1.29, 1.82) is 0 Å². The maximum absolute atomic E-state index is 11.9. The number of imide groups is 1. The maximum Gasteiger partial charge on any atom is 0.290 e. The molecule has 0 saturated carbocycles. The molecule has 0 bridgehead atoms. The number of amides is 2. The molecule has 3 aromatic heterocycles. The van der Waals surface area contributed by atoms with Gasteiger partial charge in [-0.15, -0.1) is 0 Å². The second-order valence-electron chi connectivity index (χ2n) is 10.8. The zero-order chi connectivity index (χ0) is 29.2. The summed E-state index contributed by atoms with van der Waals surface area (Å²) in [6.45, 7) is 3.30. The lowest BCUT2D eigenvalue weighted by Gasteiger charge is -2.32. The van der Waals surface area contributed by atoms with E-state index in [0.29, 0.717) is 29.0 Å². The van der Waals surface area contributed by atoms with E-state index in [0.717, 1.165) is 72.0 Å². The third kappa shape index (κ3) is 5.84. The summed E-state index contributed by atoms with van der Waals surface area (Å²) in [6, 6.07) is 20.7. The van der Waals surface area contributed by atoms with Crippen molar-refractivity contribution in [2.45, 2.75) is 19.4 Å². The number of carbonyl (C=O) groups is 2. The summed E-state index contributed by atoms with van der Waals surface area (Å²) in [7, 11) is 0. The zero-order valence-electron chi connectivity index (χ0n) is 23.4. The average molecular weight is 588 g/mol. The molecule has 2 N–H and O–H groups in total. The second-order valence-corrected chi connectivity index (χ2v) is 11.8. The monoisotopic (exact) mass is 587 g/mol. The lowest BCUT2D eigenvalue weighted by atomic mass is 9.97. The van der Waals surface area contributed by atoms with Crippen LogP contribution in [-0.4, -0.2) is 50.7 Å². The molecule has 0 aliphatic carbocycles. The Balaban J connectivity index is 1.01. The van der Waals surface area contributed by atoms with Gasteiger partial charge in [0.15, 0.2) is 0 Å².